The minimum atomic E-state index is -0.298. The van der Waals surface area contributed by atoms with Gasteiger partial charge >= 0.3 is 0 Å². The highest BCUT2D eigenvalue weighted by Crippen LogP contribution is 2.10. The molecule has 2 rings (SSSR count). The van der Waals surface area contributed by atoms with Gasteiger partial charge in [-0.1, -0.05) is 50.2 Å². The van der Waals surface area contributed by atoms with Gasteiger partial charge in [-0.2, -0.15) is 5.10 Å². The molecule has 108 valence electrons. The summed E-state index contributed by atoms with van der Waals surface area (Å²) in [6.45, 7) is 4.25. The van der Waals surface area contributed by atoms with Gasteiger partial charge in [-0.05, 0) is 30.0 Å². The maximum absolute atomic E-state index is 12.0. The van der Waals surface area contributed by atoms with E-state index in [1.807, 2.05) is 30.3 Å². The molecule has 0 saturated carbocycles. The predicted octanol–water partition coefficient (Wildman–Crippen LogP) is 3.26. The van der Waals surface area contributed by atoms with Crippen LogP contribution >= 0.6 is 0 Å². The van der Waals surface area contributed by atoms with E-state index in [1.54, 1.807) is 24.4 Å². The average Bonchev–Trinajstić information content (AvgIpc) is 2.52. The molecule has 1 aromatic carbocycles. The fourth-order valence-electron chi connectivity index (χ4n) is 1.92. The lowest BCUT2D eigenvalue weighted by atomic mass is 10.0. The normalized spacial score (nSPS) is 11.5. The van der Waals surface area contributed by atoms with Gasteiger partial charge < -0.3 is 0 Å². The Bertz CT molecular complexity index is 606. The van der Waals surface area contributed by atoms with Crippen LogP contribution in [0.15, 0.2) is 59.8 Å². The van der Waals surface area contributed by atoms with Crippen LogP contribution < -0.4 is 5.43 Å². The summed E-state index contributed by atoms with van der Waals surface area (Å²) in [4.78, 5) is 16.0. The third-order valence-corrected chi connectivity index (χ3v) is 2.90. The molecule has 0 aliphatic heterocycles. The molecule has 4 heteroatoms. The second-order valence-electron chi connectivity index (χ2n) is 5.18. The summed E-state index contributed by atoms with van der Waals surface area (Å²) in [6.07, 6.45) is 2.39. The molecule has 4 nitrogen and oxygen atoms in total. The Morgan fingerprint density at radius 1 is 1.14 bits per heavy atom. The summed E-state index contributed by atoms with van der Waals surface area (Å²) in [5, 5.41) is 4.29. The first-order valence-corrected chi connectivity index (χ1v) is 7.00. The Balaban J connectivity index is 2.16. The number of pyridine rings is 1. The van der Waals surface area contributed by atoms with Crippen molar-refractivity contribution in [1.82, 2.24) is 10.4 Å². The van der Waals surface area contributed by atoms with Crippen LogP contribution in [0.4, 0.5) is 0 Å². The van der Waals surface area contributed by atoms with E-state index in [0.717, 1.165) is 17.7 Å². The van der Waals surface area contributed by atoms with Gasteiger partial charge in [-0.3, -0.25) is 9.78 Å². The van der Waals surface area contributed by atoms with E-state index in [2.05, 4.69) is 29.4 Å². The number of rotatable bonds is 5. The molecular formula is C17H19N3O. The molecule has 1 heterocycles. The Morgan fingerprint density at radius 2 is 1.86 bits per heavy atom. The zero-order valence-corrected chi connectivity index (χ0v) is 12.3. The number of amides is 1. The minimum absolute atomic E-state index is 0.298. The third kappa shape index (κ3) is 4.53. The highest BCUT2D eigenvalue weighted by Gasteiger charge is 2.09. The first-order valence-electron chi connectivity index (χ1n) is 7.00. The quantitative estimate of drug-likeness (QED) is 0.675. The van der Waals surface area contributed by atoms with Gasteiger partial charge in [0.2, 0.25) is 0 Å². The molecule has 1 aromatic heterocycles. The minimum Gasteiger partial charge on any atom is -0.266 e. The van der Waals surface area contributed by atoms with Crippen molar-refractivity contribution in [2.24, 2.45) is 11.0 Å². The van der Waals surface area contributed by atoms with Gasteiger partial charge in [0.05, 0.1) is 5.71 Å². The van der Waals surface area contributed by atoms with Gasteiger partial charge in [0, 0.05) is 6.20 Å². The van der Waals surface area contributed by atoms with Crippen molar-refractivity contribution in [2.45, 2.75) is 20.3 Å². The third-order valence-electron chi connectivity index (χ3n) is 2.90. The fraction of sp³-hybridized carbons (Fsp3) is 0.235. The van der Waals surface area contributed by atoms with Gasteiger partial charge in [0.1, 0.15) is 5.69 Å². The number of carbonyl (C=O) groups is 1. The van der Waals surface area contributed by atoms with Crippen LogP contribution in [0.2, 0.25) is 0 Å². The molecular weight excluding hydrogens is 262 g/mol. The first-order chi connectivity index (χ1) is 10.2. The van der Waals surface area contributed by atoms with Crippen LogP contribution in [0, 0.1) is 5.92 Å². The second-order valence-corrected chi connectivity index (χ2v) is 5.18. The van der Waals surface area contributed by atoms with Crippen molar-refractivity contribution in [3.63, 3.8) is 0 Å². The van der Waals surface area contributed by atoms with Gasteiger partial charge in [-0.25, -0.2) is 5.43 Å². The van der Waals surface area contributed by atoms with Crippen LogP contribution in [-0.2, 0) is 0 Å². The molecule has 0 unspecified atom stereocenters. The molecule has 1 N–H and O–H groups in total. The summed E-state index contributed by atoms with van der Waals surface area (Å²) in [5.74, 6) is 0.156. The maximum atomic E-state index is 12.0. The first kappa shape index (κ1) is 14.9. The fourth-order valence-corrected chi connectivity index (χ4v) is 1.92. The lowest BCUT2D eigenvalue weighted by Crippen LogP contribution is -2.21. The summed E-state index contributed by atoms with van der Waals surface area (Å²) < 4.78 is 0. The number of aromatic nitrogens is 1. The van der Waals surface area contributed by atoms with E-state index in [4.69, 9.17) is 0 Å². The van der Waals surface area contributed by atoms with E-state index in [9.17, 15) is 4.79 Å². The molecule has 0 aliphatic rings. The average molecular weight is 281 g/mol. The zero-order chi connectivity index (χ0) is 15.1. The van der Waals surface area contributed by atoms with Crippen LogP contribution in [0.3, 0.4) is 0 Å². The van der Waals surface area contributed by atoms with Crippen molar-refractivity contribution < 1.29 is 4.79 Å². The number of hydrogen-bond donors (Lipinski definition) is 1. The van der Waals surface area contributed by atoms with Crippen LogP contribution in [0.25, 0.3) is 0 Å². The van der Waals surface area contributed by atoms with Gasteiger partial charge in [0.25, 0.3) is 5.91 Å². The molecule has 2 aromatic rings. The lowest BCUT2D eigenvalue weighted by Gasteiger charge is -2.09. The van der Waals surface area contributed by atoms with Crippen molar-refractivity contribution in [3.8, 4) is 0 Å². The topological polar surface area (TPSA) is 54.4 Å². The molecule has 0 radical (unpaired) electrons. The number of hydrogen-bond acceptors (Lipinski definition) is 3. The van der Waals surface area contributed by atoms with Crippen LogP contribution in [0.1, 0.15) is 36.3 Å². The molecule has 0 atom stereocenters. The summed E-state index contributed by atoms with van der Waals surface area (Å²) in [5.41, 5.74) is 4.84. The molecule has 0 bridgehead atoms. The zero-order valence-electron chi connectivity index (χ0n) is 12.3. The van der Waals surface area contributed by atoms with E-state index < -0.39 is 0 Å². The van der Waals surface area contributed by atoms with Crippen LogP contribution in [-0.4, -0.2) is 16.6 Å². The maximum Gasteiger partial charge on any atom is 0.289 e. The van der Waals surface area contributed by atoms with E-state index in [0.29, 0.717) is 11.6 Å². The SMILES string of the molecule is CC(C)CC(=NNC(=O)c1ccccn1)c1ccccc1. The summed E-state index contributed by atoms with van der Waals surface area (Å²) >= 11 is 0. The molecule has 0 aliphatic carbocycles. The summed E-state index contributed by atoms with van der Waals surface area (Å²) in [7, 11) is 0. The Hall–Kier alpha value is -2.49. The second kappa shape index (κ2) is 7.33. The smallest absolute Gasteiger partial charge is 0.266 e. The molecule has 0 spiro atoms. The van der Waals surface area contributed by atoms with Gasteiger partial charge in [0.15, 0.2) is 0 Å². The number of benzene rings is 1. The largest absolute Gasteiger partial charge is 0.289 e. The van der Waals surface area contributed by atoms with Crippen molar-refractivity contribution >= 4 is 11.6 Å². The number of hydrazone groups is 1. The number of nitrogens with one attached hydrogen (secondary N) is 1. The highest BCUT2D eigenvalue weighted by molar-refractivity contribution is 6.02. The van der Waals surface area contributed by atoms with Crippen molar-refractivity contribution in [1.29, 1.82) is 0 Å². The Morgan fingerprint density at radius 3 is 2.48 bits per heavy atom. The number of carbonyl (C=O) groups excluding carboxylic acids is 1. The highest BCUT2D eigenvalue weighted by atomic mass is 16.2. The van der Waals surface area contributed by atoms with Crippen LogP contribution in [0.5, 0.6) is 0 Å². The van der Waals surface area contributed by atoms with Crippen molar-refractivity contribution in [3.05, 3.63) is 66.0 Å². The van der Waals surface area contributed by atoms with E-state index in [-0.39, 0.29) is 5.91 Å². The molecule has 0 fully saturated rings. The summed E-state index contributed by atoms with van der Waals surface area (Å²) in [6, 6.07) is 15.1. The molecule has 21 heavy (non-hydrogen) atoms. The Labute approximate surface area is 124 Å². The lowest BCUT2D eigenvalue weighted by molar-refractivity contribution is 0.0950. The monoisotopic (exact) mass is 281 g/mol. The van der Waals surface area contributed by atoms with Crippen molar-refractivity contribution in [2.75, 3.05) is 0 Å². The van der Waals surface area contributed by atoms with Gasteiger partial charge in [-0.15, -0.1) is 0 Å². The molecule has 1 amide bonds. The Kier molecular flexibility index (Phi) is 5.21. The number of nitrogens with zero attached hydrogens (tertiary/aromatic N) is 2. The predicted molar refractivity (Wildman–Crippen MR) is 84.1 cm³/mol. The van der Waals surface area contributed by atoms with E-state index in [1.165, 1.54) is 0 Å². The van der Waals surface area contributed by atoms with E-state index >= 15 is 0 Å². The molecule has 0 saturated heterocycles. The standard InChI is InChI=1S/C17H19N3O/c1-13(2)12-16(14-8-4-3-5-9-14)19-20-17(21)15-10-6-7-11-18-15/h3-11,13H,12H2,1-2H3,(H,20,21).